The highest BCUT2D eigenvalue weighted by molar-refractivity contribution is 9.10. The van der Waals surface area contributed by atoms with Crippen LogP contribution in [-0.4, -0.2) is 19.3 Å². The first-order chi connectivity index (χ1) is 8.91. The molecule has 1 fully saturated rings. The number of rotatable bonds is 2. The van der Waals surface area contributed by atoms with Gasteiger partial charge in [0.25, 0.3) is 0 Å². The minimum Gasteiger partial charge on any atom is -0.371 e. The molecule has 0 bridgehead atoms. The summed E-state index contributed by atoms with van der Waals surface area (Å²) in [6.07, 6.45) is -3.35. The molecule has 1 nitrogen and oxygen atoms in total. The van der Waals surface area contributed by atoms with Gasteiger partial charge in [0.2, 0.25) is 0 Å². The van der Waals surface area contributed by atoms with Gasteiger partial charge >= 0.3 is 6.18 Å². The largest absolute Gasteiger partial charge is 0.393 e. The Morgan fingerprint density at radius 3 is 2.74 bits per heavy atom. The Kier molecular flexibility index (Phi) is 4.66. The average Bonchev–Trinajstić information content (AvgIpc) is 2.38. The van der Waals surface area contributed by atoms with Gasteiger partial charge in [-0.1, -0.05) is 22.0 Å². The summed E-state index contributed by atoms with van der Waals surface area (Å²) in [6.45, 7) is 0.663. The highest BCUT2D eigenvalue weighted by Crippen LogP contribution is 2.36. The summed E-state index contributed by atoms with van der Waals surface area (Å²) in [7, 11) is 0. The highest BCUT2D eigenvalue weighted by atomic mass is 79.9. The average molecular weight is 357 g/mol. The van der Waals surface area contributed by atoms with Crippen molar-refractivity contribution in [3.8, 4) is 0 Å². The Hall–Kier alpha value is -0.420. The first-order valence-electron chi connectivity index (χ1n) is 6.08. The van der Waals surface area contributed by atoms with Gasteiger partial charge in [0.1, 0.15) is 0 Å². The summed E-state index contributed by atoms with van der Waals surface area (Å²) in [5.41, 5.74) is 1.67. The molecule has 0 radical (unpaired) electrons. The lowest BCUT2D eigenvalue weighted by atomic mass is 9.96. The molecule has 19 heavy (non-hydrogen) atoms. The molecule has 0 aromatic heterocycles. The fourth-order valence-corrected chi connectivity index (χ4v) is 2.98. The predicted octanol–water partition coefficient (Wildman–Crippen LogP) is 4.97. The molecule has 0 amide bonds. The van der Waals surface area contributed by atoms with Crippen molar-refractivity contribution in [1.82, 2.24) is 0 Å². The van der Waals surface area contributed by atoms with E-state index in [2.05, 4.69) is 15.9 Å². The summed E-state index contributed by atoms with van der Waals surface area (Å²) in [5, 5.41) is 0. The quantitative estimate of drug-likeness (QED) is 0.677. The molecular formula is C13H14BrClF3N. The standard InChI is InChI=1S/C13H14BrClF3N/c14-11-4-3-9(7-15)12(6-11)19-5-1-2-10(8-19)13(16,17)18/h3-4,6,10H,1-2,5,7-8H2. The van der Waals surface area contributed by atoms with E-state index in [9.17, 15) is 13.2 Å². The van der Waals surface area contributed by atoms with Gasteiger partial charge in [-0.3, -0.25) is 0 Å². The summed E-state index contributed by atoms with van der Waals surface area (Å²) in [4.78, 5) is 1.80. The topological polar surface area (TPSA) is 3.24 Å². The Labute approximate surface area is 123 Å². The van der Waals surface area contributed by atoms with Crippen molar-refractivity contribution >= 4 is 33.2 Å². The van der Waals surface area contributed by atoms with Crippen LogP contribution in [0.25, 0.3) is 0 Å². The van der Waals surface area contributed by atoms with Crippen molar-refractivity contribution in [1.29, 1.82) is 0 Å². The van der Waals surface area contributed by atoms with Gasteiger partial charge in [-0.05, 0) is 30.5 Å². The zero-order valence-electron chi connectivity index (χ0n) is 10.2. The van der Waals surface area contributed by atoms with E-state index in [-0.39, 0.29) is 13.0 Å². The summed E-state index contributed by atoms with van der Waals surface area (Å²) in [6, 6.07) is 5.55. The van der Waals surface area contributed by atoms with Crippen molar-refractivity contribution in [3.63, 3.8) is 0 Å². The van der Waals surface area contributed by atoms with Gasteiger partial charge in [0.05, 0.1) is 5.92 Å². The van der Waals surface area contributed by atoms with Crippen LogP contribution in [0.3, 0.4) is 0 Å². The molecule has 0 spiro atoms. The molecule has 0 aliphatic carbocycles. The number of halogens is 5. The Bertz CT molecular complexity index is 450. The predicted molar refractivity (Wildman–Crippen MR) is 74.7 cm³/mol. The summed E-state index contributed by atoms with van der Waals surface area (Å²) >= 11 is 9.22. The maximum atomic E-state index is 12.8. The molecule has 1 aliphatic heterocycles. The molecule has 1 atom stereocenters. The third-order valence-electron chi connectivity index (χ3n) is 3.42. The number of benzene rings is 1. The molecule has 0 N–H and O–H groups in total. The summed E-state index contributed by atoms with van der Waals surface area (Å²) in [5.74, 6) is -0.945. The zero-order valence-corrected chi connectivity index (χ0v) is 12.5. The number of hydrogen-bond donors (Lipinski definition) is 0. The van der Waals surface area contributed by atoms with E-state index in [0.717, 1.165) is 15.7 Å². The number of nitrogens with zero attached hydrogens (tertiary/aromatic N) is 1. The Balaban J connectivity index is 2.24. The minimum absolute atomic E-state index is 0.0177. The molecule has 1 unspecified atom stereocenters. The van der Waals surface area contributed by atoms with Gasteiger partial charge in [-0.2, -0.15) is 13.2 Å². The van der Waals surface area contributed by atoms with Gasteiger partial charge in [0, 0.05) is 29.1 Å². The lowest BCUT2D eigenvalue weighted by molar-refractivity contribution is -0.176. The molecule has 106 valence electrons. The van der Waals surface area contributed by atoms with Crippen LogP contribution < -0.4 is 4.90 Å². The van der Waals surface area contributed by atoms with E-state index in [1.165, 1.54) is 0 Å². The van der Waals surface area contributed by atoms with E-state index in [1.54, 1.807) is 4.90 Å². The van der Waals surface area contributed by atoms with Gasteiger partial charge in [-0.15, -0.1) is 11.6 Å². The normalized spacial score (nSPS) is 20.7. The maximum absolute atomic E-state index is 12.8. The Morgan fingerprint density at radius 1 is 1.37 bits per heavy atom. The number of alkyl halides is 4. The first-order valence-corrected chi connectivity index (χ1v) is 7.40. The molecule has 1 aliphatic rings. The Morgan fingerprint density at radius 2 is 2.11 bits per heavy atom. The van der Waals surface area contributed by atoms with Crippen LogP contribution in [0.5, 0.6) is 0 Å². The lowest BCUT2D eigenvalue weighted by Crippen LogP contribution is -2.42. The third kappa shape index (κ3) is 3.57. The smallest absolute Gasteiger partial charge is 0.371 e. The number of hydrogen-bond acceptors (Lipinski definition) is 1. The van der Waals surface area contributed by atoms with Crippen LogP contribution in [0.1, 0.15) is 18.4 Å². The fraction of sp³-hybridized carbons (Fsp3) is 0.538. The van der Waals surface area contributed by atoms with Crippen molar-refractivity contribution in [3.05, 3.63) is 28.2 Å². The number of piperidine rings is 1. The van der Waals surface area contributed by atoms with E-state index in [1.807, 2.05) is 18.2 Å². The third-order valence-corrected chi connectivity index (χ3v) is 4.20. The van der Waals surface area contributed by atoms with Crippen LogP contribution >= 0.6 is 27.5 Å². The molecule has 1 saturated heterocycles. The molecule has 0 saturated carbocycles. The molecule has 6 heteroatoms. The van der Waals surface area contributed by atoms with E-state index >= 15 is 0 Å². The molecule has 1 aromatic carbocycles. The molecule has 2 rings (SSSR count). The molecule has 1 aromatic rings. The van der Waals surface area contributed by atoms with Crippen molar-refractivity contribution < 1.29 is 13.2 Å². The van der Waals surface area contributed by atoms with Crippen molar-refractivity contribution in [2.75, 3.05) is 18.0 Å². The van der Waals surface area contributed by atoms with E-state index < -0.39 is 12.1 Å². The van der Waals surface area contributed by atoms with Crippen LogP contribution in [-0.2, 0) is 5.88 Å². The van der Waals surface area contributed by atoms with Gasteiger partial charge in [-0.25, -0.2) is 0 Å². The zero-order chi connectivity index (χ0) is 14.0. The van der Waals surface area contributed by atoms with Gasteiger partial charge < -0.3 is 4.90 Å². The lowest BCUT2D eigenvalue weighted by Gasteiger charge is -2.36. The number of anilines is 1. The van der Waals surface area contributed by atoms with Crippen LogP contribution in [0.4, 0.5) is 18.9 Å². The minimum atomic E-state index is -4.12. The monoisotopic (exact) mass is 355 g/mol. The first kappa shape index (κ1) is 15.0. The van der Waals surface area contributed by atoms with E-state index in [4.69, 9.17) is 11.6 Å². The van der Waals surface area contributed by atoms with Gasteiger partial charge in [0.15, 0.2) is 0 Å². The second-order valence-corrected chi connectivity index (χ2v) is 5.92. The summed E-state index contributed by atoms with van der Waals surface area (Å²) < 4.78 is 39.3. The highest BCUT2D eigenvalue weighted by Gasteiger charge is 2.42. The van der Waals surface area contributed by atoms with Crippen LogP contribution in [0.15, 0.2) is 22.7 Å². The molecule has 1 heterocycles. The van der Waals surface area contributed by atoms with Crippen LogP contribution in [0.2, 0.25) is 0 Å². The second-order valence-electron chi connectivity index (χ2n) is 4.73. The molecular weight excluding hydrogens is 343 g/mol. The van der Waals surface area contributed by atoms with Crippen LogP contribution in [0, 0.1) is 5.92 Å². The van der Waals surface area contributed by atoms with Crippen molar-refractivity contribution in [2.24, 2.45) is 5.92 Å². The maximum Gasteiger partial charge on any atom is 0.393 e. The SMILES string of the molecule is FC(F)(F)C1CCCN(c2cc(Br)ccc2CCl)C1. The second kappa shape index (κ2) is 5.92. The van der Waals surface area contributed by atoms with Crippen molar-refractivity contribution in [2.45, 2.75) is 24.9 Å². The fourth-order valence-electron chi connectivity index (χ4n) is 2.41. The van der Waals surface area contributed by atoms with E-state index in [0.29, 0.717) is 18.8 Å².